The maximum atomic E-state index is 9.46. The number of aromatic nitrogens is 1. The standard InChI is InChI=1S/C29H31BrN4O/c1-18-21-14-23(30)25(33-9-10-34(17-33)28(2,3)4)15-22(21)29(7-11-35-12-8-29)27-26(18)20-6-5-19(16-31)13-24(20)32-27/h5-6,13-15,32H,1,7-12,17H2,2-4H3. The molecule has 0 bridgehead atoms. The fraction of sp³-hybridized carbons (Fsp3) is 0.414. The number of hydrogen-bond acceptors (Lipinski definition) is 4. The fourth-order valence-corrected chi connectivity index (χ4v) is 6.82. The highest BCUT2D eigenvalue weighted by molar-refractivity contribution is 9.10. The molecule has 2 saturated heterocycles. The Kier molecular flexibility index (Phi) is 5.20. The summed E-state index contributed by atoms with van der Waals surface area (Å²) < 4.78 is 6.98. The summed E-state index contributed by atoms with van der Waals surface area (Å²) in [6.45, 7) is 15.9. The molecule has 5 nitrogen and oxygen atoms in total. The third kappa shape index (κ3) is 3.40. The highest BCUT2D eigenvalue weighted by Gasteiger charge is 2.46. The number of H-pyrrole nitrogens is 1. The van der Waals surface area contributed by atoms with E-state index in [0.717, 1.165) is 66.8 Å². The van der Waals surface area contributed by atoms with Gasteiger partial charge in [0.25, 0.3) is 0 Å². The number of halogens is 1. The van der Waals surface area contributed by atoms with Gasteiger partial charge in [-0.25, -0.2) is 0 Å². The summed E-state index contributed by atoms with van der Waals surface area (Å²) in [5.41, 5.74) is 8.95. The number of benzene rings is 2. The van der Waals surface area contributed by atoms with Gasteiger partial charge in [-0.3, -0.25) is 4.90 Å². The molecule has 1 aromatic heterocycles. The van der Waals surface area contributed by atoms with Crippen LogP contribution < -0.4 is 4.90 Å². The van der Waals surface area contributed by atoms with Gasteiger partial charge in [0.1, 0.15) is 0 Å². The molecule has 3 aliphatic rings. The van der Waals surface area contributed by atoms with Crippen LogP contribution in [-0.4, -0.2) is 48.4 Å². The van der Waals surface area contributed by atoms with Gasteiger partial charge in [-0.15, -0.1) is 0 Å². The van der Waals surface area contributed by atoms with E-state index in [2.05, 4.69) is 82.3 Å². The third-order valence-electron chi connectivity index (χ3n) is 8.25. The maximum Gasteiger partial charge on any atom is 0.0992 e. The second kappa shape index (κ2) is 7.96. The van der Waals surface area contributed by atoms with Crippen molar-refractivity contribution in [3.05, 3.63) is 69.3 Å². The number of nitriles is 1. The van der Waals surface area contributed by atoms with Crippen molar-refractivity contribution in [3.63, 3.8) is 0 Å². The Hall–Kier alpha value is -2.59. The molecule has 3 heterocycles. The lowest BCUT2D eigenvalue weighted by Gasteiger charge is -2.43. The Morgan fingerprint density at radius 3 is 2.60 bits per heavy atom. The van der Waals surface area contributed by atoms with Crippen LogP contribution in [0.1, 0.15) is 61.6 Å². The van der Waals surface area contributed by atoms with Gasteiger partial charge < -0.3 is 14.6 Å². The van der Waals surface area contributed by atoms with E-state index in [9.17, 15) is 5.26 Å². The first kappa shape index (κ1) is 22.8. The molecule has 2 fully saturated rings. The van der Waals surface area contributed by atoms with Crippen LogP contribution in [0.5, 0.6) is 0 Å². The quantitative estimate of drug-likeness (QED) is 0.409. The zero-order valence-corrected chi connectivity index (χ0v) is 22.3. The van der Waals surface area contributed by atoms with Crippen LogP contribution in [0.4, 0.5) is 5.69 Å². The van der Waals surface area contributed by atoms with Crippen LogP contribution >= 0.6 is 15.9 Å². The van der Waals surface area contributed by atoms with Gasteiger partial charge in [0.05, 0.1) is 24.0 Å². The van der Waals surface area contributed by atoms with Crippen molar-refractivity contribution in [2.75, 3.05) is 37.9 Å². The van der Waals surface area contributed by atoms with E-state index in [1.54, 1.807) is 0 Å². The molecule has 2 aliphatic heterocycles. The second-order valence-corrected chi connectivity index (χ2v) is 12.0. The van der Waals surface area contributed by atoms with Gasteiger partial charge in [0.2, 0.25) is 0 Å². The zero-order valence-electron chi connectivity index (χ0n) is 20.7. The van der Waals surface area contributed by atoms with Gasteiger partial charge in [-0.1, -0.05) is 12.6 Å². The molecule has 2 aromatic carbocycles. The molecule has 6 heteroatoms. The van der Waals surface area contributed by atoms with E-state index in [1.165, 1.54) is 28.1 Å². The van der Waals surface area contributed by atoms with Gasteiger partial charge in [0.15, 0.2) is 0 Å². The maximum absolute atomic E-state index is 9.46. The molecule has 0 amide bonds. The number of nitrogens with one attached hydrogen (secondary N) is 1. The molecular formula is C29H31BrN4O. The normalized spacial score (nSPS) is 19.7. The van der Waals surface area contributed by atoms with Crippen LogP contribution in [0.15, 0.2) is 41.4 Å². The predicted molar refractivity (Wildman–Crippen MR) is 145 cm³/mol. The Labute approximate surface area is 215 Å². The van der Waals surface area contributed by atoms with Crippen molar-refractivity contribution in [3.8, 4) is 6.07 Å². The minimum atomic E-state index is -0.158. The lowest BCUT2D eigenvalue weighted by molar-refractivity contribution is 0.0616. The molecule has 180 valence electrons. The SMILES string of the molecule is C=C1c2cc(Br)c(N3CCN(C(C)(C)C)C3)cc2C2(CCOCC2)c2[nH]c3cc(C#N)ccc3c21. The van der Waals surface area contributed by atoms with Crippen molar-refractivity contribution in [1.29, 1.82) is 5.26 Å². The molecule has 0 radical (unpaired) electrons. The average Bonchev–Trinajstić information content (AvgIpc) is 3.48. The van der Waals surface area contributed by atoms with Gasteiger partial charge in [-0.05, 0) is 90.5 Å². The summed E-state index contributed by atoms with van der Waals surface area (Å²) in [5.74, 6) is 0. The lowest BCUT2D eigenvalue weighted by atomic mass is 9.64. The largest absolute Gasteiger partial charge is 0.381 e. The first-order valence-electron chi connectivity index (χ1n) is 12.4. The molecule has 1 aliphatic carbocycles. The number of nitrogens with zero attached hydrogens (tertiary/aromatic N) is 3. The topological polar surface area (TPSA) is 55.3 Å². The molecule has 1 spiro atoms. The van der Waals surface area contributed by atoms with Crippen molar-refractivity contribution >= 4 is 38.1 Å². The fourth-order valence-electron chi connectivity index (χ4n) is 6.23. The average molecular weight is 531 g/mol. The highest BCUT2D eigenvalue weighted by atomic mass is 79.9. The summed E-state index contributed by atoms with van der Waals surface area (Å²) >= 11 is 3.93. The molecule has 0 unspecified atom stereocenters. The zero-order chi connectivity index (χ0) is 24.5. The van der Waals surface area contributed by atoms with E-state index in [-0.39, 0.29) is 11.0 Å². The van der Waals surface area contributed by atoms with Crippen LogP contribution in [0.2, 0.25) is 0 Å². The predicted octanol–water partition coefficient (Wildman–Crippen LogP) is 6.15. The highest BCUT2D eigenvalue weighted by Crippen LogP contribution is 2.54. The van der Waals surface area contributed by atoms with Crippen molar-refractivity contribution in [1.82, 2.24) is 9.88 Å². The summed E-state index contributed by atoms with van der Waals surface area (Å²) in [5, 5.41) is 10.6. The lowest BCUT2D eigenvalue weighted by Crippen LogP contribution is -2.41. The smallest absolute Gasteiger partial charge is 0.0992 e. The molecular weight excluding hydrogens is 500 g/mol. The molecule has 0 saturated carbocycles. The first-order valence-corrected chi connectivity index (χ1v) is 13.2. The van der Waals surface area contributed by atoms with E-state index >= 15 is 0 Å². The summed E-state index contributed by atoms with van der Waals surface area (Å²) in [6, 6.07) is 12.9. The van der Waals surface area contributed by atoms with Crippen LogP contribution in [-0.2, 0) is 10.2 Å². The molecule has 0 atom stereocenters. The van der Waals surface area contributed by atoms with Crippen LogP contribution in [0.25, 0.3) is 16.5 Å². The summed E-state index contributed by atoms with van der Waals surface area (Å²) in [4.78, 5) is 8.78. The van der Waals surface area contributed by atoms with E-state index in [0.29, 0.717) is 5.56 Å². The summed E-state index contributed by atoms with van der Waals surface area (Å²) in [6.07, 6.45) is 1.85. The third-order valence-corrected chi connectivity index (χ3v) is 8.89. The van der Waals surface area contributed by atoms with Crippen molar-refractivity contribution in [2.24, 2.45) is 0 Å². The monoisotopic (exact) mass is 530 g/mol. The summed E-state index contributed by atoms with van der Waals surface area (Å²) in [7, 11) is 0. The Morgan fingerprint density at radius 2 is 1.91 bits per heavy atom. The van der Waals surface area contributed by atoms with E-state index in [1.807, 2.05) is 12.1 Å². The number of anilines is 1. The molecule has 1 N–H and O–H groups in total. The van der Waals surface area contributed by atoms with Crippen molar-refractivity contribution in [2.45, 2.75) is 44.6 Å². The van der Waals surface area contributed by atoms with E-state index < -0.39 is 0 Å². The van der Waals surface area contributed by atoms with Crippen LogP contribution in [0, 0.1) is 11.3 Å². The Bertz CT molecular complexity index is 1400. The Morgan fingerprint density at radius 1 is 1.14 bits per heavy atom. The number of fused-ring (bicyclic) bond motifs is 6. The molecule has 35 heavy (non-hydrogen) atoms. The minimum absolute atomic E-state index is 0.146. The second-order valence-electron chi connectivity index (χ2n) is 11.1. The number of aromatic amines is 1. The van der Waals surface area contributed by atoms with Crippen molar-refractivity contribution < 1.29 is 4.74 Å². The molecule has 3 aromatic rings. The first-order chi connectivity index (χ1) is 16.7. The number of rotatable bonds is 1. The van der Waals surface area contributed by atoms with Gasteiger partial charge in [0, 0.05) is 63.9 Å². The number of ether oxygens (including phenoxy) is 1. The molecule has 6 rings (SSSR count). The minimum Gasteiger partial charge on any atom is -0.381 e. The van der Waals surface area contributed by atoms with E-state index in [4.69, 9.17) is 4.74 Å². The van der Waals surface area contributed by atoms with Gasteiger partial charge >= 0.3 is 0 Å². The number of hydrogen-bond donors (Lipinski definition) is 1. The van der Waals surface area contributed by atoms with Gasteiger partial charge in [-0.2, -0.15) is 5.26 Å². The van der Waals surface area contributed by atoms with Crippen LogP contribution in [0.3, 0.4) is 0 Å². The Balaban J connectivity index is 1.54.